The molecule has 1 aromatic heterocycles. The zero-order valence-electron chi connectivity index (χ0n) is 18.4. The fourth-order valence-corrected chi connectivity index (χ4v) is 3.82. The Morgan fingerprint density at radius 3 is 2.56 bits per heavy atom. The van der Waals surface area contributed by atoms with Gasteiger partial charge in [0.2, 0.25) is 5.82 Å². The van der Waals surface area contributed by atoms with Crippen LogP contribution in [0.2, 0.25) is 0 Å². The number of alkyl halides is 3. The van der Waals surface area contributed by atoms with Crippen molar-refractivity contribution in [1.29, 1.82) is 0 Å². The van der Waals surface area contributed by atoms with Crippen LogP contribution in [0.3, 0.4) is 0 Å². The van der Waals surface area contributed by atoms with Crippen LogP contribution in [0.15, 0.2) is 30.5 Å². The molecule has 1 aliphatic heterocycles. The molecular formula is C22H23F5N2O5. The van der Waals surface area contributed by atoms with Crippen molar-refractivity contribution in [3.8, 4) is 5.75 Å². The smallest absolute Gasteiger partial charge is 0.417 e. The summed E-state index contributed by atoms with van der Waals surface area (Å²) in [6, 6.07) is 4.34. The molecule has 2 aromatic rings. The topological polar surface area (TPSA) is 101 Å². The number of ether oxygens (including phenoxy) is 2. The quantitative estimate of drug-likeness (QED) is 0.535. The summed E-state index contributed by atoms with van der Waals surface area (Å²) in [4.78, 5) is 16.9. The molecule has 5 atom stereocenters. The number of benzene rings is 1. The maximum absolute atomic E-state index is 14.3. The largest absolute Gasteiger partial charge is 0.493 e. The first kappa shape index (κ1) is 25.8. The van der Waals surface area contributed by atoms with Gasteiger partial charge in [-0.25, -0.2) is 4.39 Å². The van der Waals surface area contributed by atoms with E-state index in [0.29, 0.717) is 0 Å². The van der Waals surface area contributed by atoms with E-state index in [1.807, 2.05) is 0 Å². The van der Waals surface area contributed by atoms with Gasteiger partial charge in [0.1, 0.15) is 12.2 Å². The lowest BCUT2D eigenvalue weighted by atomic mass is 9.85. The number of aromatic nitrogens is 1. The van der Waals surface area contributed by atoms with Crippen LogP contribution in [0.25, 0.3) is 0 Å². The lowest BCUT2D eigenvalue weighted by Gasteiger charge is -2.27. The van der Waals surface area contributed by atoms with Crippen LogP contribution >= 0.6 is 0 Å². The summed E-state index contributed by atoms with van der Waals surface area (Å²) in [5.41, 5.74) is -2.83. The van der Waals surface area contributed by atoms with E-state index in [1.165, 1.54) is 25.3 Å². The number of aliphatic hydroxyl groups excluding tert-OH is 2. The number of nitrogens with zero attached hydrogens (tertiary/aromatic N) is 1. The molecule has 1 fully saturated rings. The summed E-state index contributed by atoms with van der Waals surface area (Å²) in [6.07, 6.45) is -8.68. The van der Waals surface area contributed by atoms with E-state index in [0.717, 1.165) is 26.2 Å². The van der Waals surface area contributed by atoms with E-state index in [1.54, 1.807) is 0 Å². The van der Waals surface area contributed by atoms with Crippen molar-refractivity contribution in [1.82, 2.24) is 4.98 Å². The Hall–Kier alpha value is -2.83. The summed E-state index contributed by atoms with van der Waals surface area (Å²) >= 11 is 0. The minimum Gasteiger partial charge on any atom is -0.493 e. The molecule has 0 unspecified atom stereocenters. The SMILES string of the molecule is COc1c([C@@H]2C[C@](C)(C(F)(F)F)O[C@H]2C(=O)Nc2ccnc([C@@H](O)[C@@H](C)O)c2)ccc(F)c1F. The second-order valence-corrected chi connectivity index (χ2v) is 8.21. The average Bonchev–Trinajstić information content (AvgIpc) is 3.14. The van der Waals surface area contributed by atoms with Crippen LogP contribution in [-0.4, -0.2) is 52.2 Å². The molecule has 3 rings (SSSR count). The first-order chi connectivity index (χ1) is 15.8. The molecule has 186 valence electrons. The number of aliphatic hydroxyl groups is 2. The van der Waals surface area contributed by atoms with Crippen molar-refractivity contribution in [2.45, 2.75) is 56.3 Å². The second kappa shape index (κ2) is 9.43. The van der Waals surface area contributed by atoms with Crippen LogP contribution in [0.4, 0.5) is 27.6 Å². The number of rotatable bonds is 6. The molecular weight excluding hydrogens is 467 g/mol. The lowest BCUT2D eigenvalue weighted by molar-refractivity contribution is -0.261. The summed E-state index contributed by atoms with van der Waals surface area (Å²) in [5.74, 6) is -5.61. The number of methoxy groups -OCH3 is 1. The van der Waals surface area contributed by atoms with Gasteiger partial charge in [0.05, 0.1) is 18.9 Å². The van der Waals surface area contributed by atoms with Gasteiger partial charge in [0.25, 0.3) is 5.91 Å². The molecule has 1 amide bonds. The van der Waals surface area contributed by atoms with E-state index in [4.69, 9.17) is 9.47 Å². The van der Waals surface area contributed by atoms with Gasteiger partial charge in [0, 0.05) is 23.4 Å². The third-order valence-corrected chi connectivity index (χ3v) is 5.71. The van der Waals surface area contributed by atoms with Crippen molar-refractivity contribution >= 4 is 11.6 Å². The normalized spacial score (nSPS) is 24.5. The van der Waals surface area contributed by atoms with Crippen molar-refractivity contribution < 1.29 is 46.4 Å². The Morgan fingerprint density at radius 1 is 1.29 bits per heavy atom. The molecule has 7 nitrogen and oxygen atoms in total. The highest BCUT2D eigenvalue weighted by molar-refractivity contribution is 5.95. The minimum atomic E-state index is -4.86. The number of anilines is 1. The molecule has 0 bridgehead atoms. The minimum absolute atomic E-state index is 0.0131. The Kier molecular flexibility index (Phi) is 7.15. The van der Waals surface area contributed by atoms with Gasteiger partial charge in [-0.05, 0) is 38.5 Å². The number of hydrogen-bond acceptors (Lipinski definition) is 6. The maximum atomic E-state index is 14.3. The zero-order chi connectivity index (χ0) is 25.4. The molecule has 34 heavy (non-hydrogen) atoms. The summed E-state index contributed by atoms with van der Waals surface area (Å²) in [5, 5.41) is 21.9. The molecule has 12 heteroatoms. The van der Waals surface area contributed by atoms with Gasteiger partial charge < -0.3 is 25.0 Å². The van der Waals surface area contributed by atoms with Crippen molar-refractivity contribution in [3.05, 3.63) is 53.4 Å². The van der Waals surface area contributed by atoms with Gasteiger partial charge in [0.15, 0.2) is 17.2 Å². The Bertz CT molecular complexity index is 1060. The summed E-state index contributed by atoms with van der Waals surface area (Å²) in [6.45, 7) is 2.09. The van der Waals surface area contributed by atoms with Crippen molar-refractivity contribution in [2.75, 3.05) is 12.4 Å². The summed E-state index contributed by atoms with van der Waals surface area (Å²) < 4.78 is 79.3. The Labute approximate surface area is 191 Å². The number of carbonyl (C=O) groups excluding carboxylic acids is 1. The second-order valence-electron chi connectivity index (χ2n) is 8.21. The molecule has 1 aliphatic rings. The van der Waals surface area contributed by atoms with Crippen LogP contribution in [0.5, 0.6) is 5.75 Å². The number of amides is 1. The number of carbonyl (C=O) groups is 1. The molecule has 1 saturated heterocycles. The molecule has 1 aromatic carbocycles. The molecule has 0 radical (unpaired) electrons. The van der Waals surface area contributed by atoms with Gasteiger partial charge in [-0.15, -0.1) is 0 Å². The predicted molar refractivity (Wildman–Crippen MR) is 109 cm³/mol. The monoisotopic (exact) mass is 490 g/mol. The Balaban J connectivity index is 1.98. The molecule has 0 aliphatic carbocycles. The van der Waals surface area contributed by atoms with E-state index in [9.17, 15) is 37.0 Å². The van der Waals surface area contributed by atoms with E-state index >= 15 is 0 Å². The third-order valence-electron chi connectivity index (χ3n) is 5.71. The van der Waals surface area contributed by atoms with E-state index in [-0.39, 0.29) is 16.9 Å². The standard InChI is InChI=1S/C22H23F5N2O5/c1-10(30)17(31)15-8-11(6-7-28-15)29-20(32)19-13(9-21(2,34-19)22(25,26)27)12-4-5-14(23)16(24)18(12)33-3/h4-8,10,13,17,19,30-31H,9H2,1-3H3,(H,28,29,32)/t10-,13+,17+,19-,21-/m1/s1. The highest BCUT2D eigenvalue weighted by Crippen LogP contribution is 2.51. The number of halogens is 5. The molecule has 0 spiro atoms. The summed E-state index contributed by atoms with van der Waals surface area (Å²) in [7, 11) is 1.03. The first-order valence-corrected chi connectivity index (χ1v) is 10.2. The number of pyridine rings is 1. The number of hydrogen-bond donors (Lipinski definition) is 3. The van der Waals surface area contributed by atoms with Gasteiger partial charge in [-0.2, -0.15) is 17.6 Å². The van der Waals surface area contributed by atoms with Crippen LogP contribution < -0.4 is 10.1 Å². The van der Waals surface area contributed by atoms with Gasteiger partial charge in [-0.1, -0.05) is 6.07 Å². The van der Waals surface area contributed by atoms with Crippen LogP contribution in [-0.2, 0) is 9.53 Å². The van der Waals surface area contributed by atoms with Crippen LogP contribution in [0, 0.1) is 11.6 Å². The zero-order valence-corrected chi connectivity index (χ0v) is 18.4. The molecule has 3 N–H and O–H groups in total. The van der Waals surface area contributed by atoms with Crippen LogP contribution in [0.1, 0.15) is 43.5 Å². The van der Waals surface area contributed by atoms with E-state index in [2.05, 4.69) is 10.3 Å². The van der Waals surface area contributed by atoms with Crippen molar-refractivity contribution in [3.63, 3.8) is 0 Å². The average molecular weight is 490 g/mol. The fourth-order valence-electron chi connectivity index (χ4n) is 3.82. The molecule has 0 saturated carbocycles. The van der Waals surface area contributed by atoms with Gasteiger partial charge in [-0.3, -0.25) is 9.78 Å². The maximum Gasteiger partial charge on any atom is 0.417 e. The highest BCUT2D eigenvalue weighted by atomic mass is 19.4. The fraction of sp³-hybridized carbons (Fsp3) is 0.455. The Morgan fingerprint density at radius 2 is 1.97 bits per heavy atom. The van der Waals surface area contributed by atoms with Crippen molar-refractivity contribution in [2.24, 2.45) is 0 Å². The lowest BCUT2D eigenvalue weighted by Crippen LogP contribution is -2.43. The van der Waals surface area contributed by atoms with E-state index < -0.39 is 65.7 Å². The first-order valence-electron chi connectivity index (χ1n) is 10.2. The number of nitrogens with one attached hydrogen (secondary N) is 1. The predicted octanol–water partition coefficient (Wildman–Crippen LogP) is 3.61. The third kappa shape index (κ3) is 4.84. The van der Waals surface area contributed by atoms with Gasteiger partial charge >= 0.3 is 6.18 Å². The molecule has 2 heterocycles. The highest BCUT2D eigenvalue weighted by Gasteiger charge is 2.61.